The lowest BCUT2D eigenvalue weighted by molar-refractivity contribution is -0.128. The Bertz CT molecular complexity index is 633. The molecule has 0 aromatic rings. The van der Waals surface area contributed by atoms with Crippen LogP contribution in [0.2, 0.25) is 0 Å². The zero-order valence-electron chi connectivity index (χ0n) is 15.8. The maximum atomic E-state index is 11.9. The molecular formula is C20H30ClNO4. The van der Waals surface area contributed by atoms with E-state index in [2.05, 4.69) is 32.7 Å². The number of aliphatic hydroxyl groups excluding tert-OH is 2. The van der Waals surface area contributed by atoms with Crippen LogP contribution < -0.4 is 5.32 Å². The number of imide groups is 1. The molecule has 2 aliphatic carbocycles. The minimum Gasteiger partial charge on any atom is -0.392 e. The number of fused-ring (bicyclic) bond motifs is 1. The highest BCUT2D eigenvalue weighted by Gasteiger charge is 2.57. The maximum absolute atomic E-state index is 11.9. The molecule has 3 fully saturated rings. The van der Waals surface area contributed by atoms with E-state index in [0.717, 1.165) is 12.8 Å². The SMILES string of the molecule is C=C1[C@H](O)C[C@H]2C(C)(C)C[C@H](Cl)C[C@]2(C)[C@H]1CC(O)C1CC(=O)NC1=O. The molecule has 3 N–H and O–H groups in total. The Hall–Kier alpha value is -0.910. The predicted molar refractivity (Wildman–Crippen MR) is 99.4 cm³/mol. The van der Waals surface area contributed by atoms with E-state index in [1.165, 1.54) is 0 Å². The summed E-state index contributed by atoms with van der Waals surface area (Å²) in [4.78, 5) is 23.4. The first kappa shape index (κ1) is 19.8. The van der Waals surface area contributed by atoms with E-state index in [1.54, 1.807) is 0 Å². The van der Waals surface area contributed by atoms with Crippen molar-refractivity contribution in [3.05, 3.63) is 12.2 Å². The van der Waals surface area contributed by atoms with Crippen LogP contribution in [0.3, 0.4) is 0 Å². The van der Waals surface area contributed by atoms with Gasteiger partial charge in [0, 0.05) is 11.8 Å². The van der Waals surface area contributed by atoms with Crippen LogP contribution >= 0.6 is 11.6 Å². The molecule has 1 saturated heterocycles. The van der Waals surface area contributed by atoms with Crippen LogP contribution in [0.4, 0.5) is 0 Å². The first-order valence-corrected chi connectivity index (χ1v) is 9.92. The Balaban J connectivity index is 1.89. The van der Waals surface area contributed by atoms with Gasteiger partial charge in [0.1, 0.15) is 0 Å². The zero-order chi connectivity index (χ0) is 19.4. The van der Waals surface area contributed by atoms with E-state index in [4.69, 9.17) is 11.6 Å². The van der Waals surface area contributed by atoms with E-state index in [1.807, 2.05) is 0 Å². The monoisotopic (exact) mass is 383 g/mol. The second kappa shape index (κ2) is 6.61. The van der Waals surface area contributed by atoms with Crippen LogP contribution in [0, 0.1) is 28.6 Å². The molecule has 1 heterocycles. The van der Waals surface area contributed by atoms with E-state index in [0.29, 0.717) is 18.4 Å². The van der Waals surface area contributed by atoms with Crippen molar-refractivity contribution in [3.8, 4) is 0 Å². The number of carbonyl (C=O) groups is 2. The van der Waals surface area contributed by atoms with Gasteiger partial charge >= 0.3 is 0 Å². The van der Waals surface area contributed by atoms with Crippen molar-refractivity contribution in [2.75, 3.05) is 0 Å². The molecule has 7 atom stereocenters. The quantitative estimate of drug-likeness (QED) is 0.396. The highest BCUT2D eigenvalue weighted by molar-refractivity contribution is 6.20. The summed E-state index contributed by atoms with van der Waals surface area (Å²) in [5.74, 6) is -1.37. The average molecular weight is 384 g/mol. The lowest BCUT2D eigenvalue weighted by Gasteiger charge is -2.60. The third-order valence-corrected chi connectivity index (χ3v) is 7.53. The van der Waals surface area contributed by atoms with Gasteiger partial charge in [0.25, 0.3) is 0 Å². The largest absolute Gasteiger partial charge is 0.392 e. The molecule has 0 spiro atoms. The molecule has 1 aliphatic heterocycles. The van der Waals surface area contributed by atoms with Crippen molar-refractivity contribution in [1.82, 2.24) is 5.32 Å². The van der Waals surface area contributed by atoms with Crippen molar-refractivity contribution in [2.45, 2.75) is 70.5 Å². The van der Waals surface area contributed by atoms with Gasteiger partial charge in [-0.3, -0.25) is 14.9 Å². The van der Waals surface area contributed by atoms with Crippen molar-refractivity contribution >= 4 is 23.4 Å². The van der Waals surface area contributed by atoms with Crippen LogP contribution in [0.5, 0.6) is 0 Å². The molecule has 26 heavy (non-hydrogen) atoms. The van der Waals surface area contributed by atoms with Crippen molar-refractivity contribution < 1.29 is 19.8 Å². The molecule has 0 radical (unpaired) electrons. The molecule has 146 valence electrons. The smallest absolute Gasteiger partial charge is 0.232 e. The first-order valence-electron chi connectivity index (χ1n) is 9.48. The van der Waals surface area contributed by atoms with Crippen molar-refractivity contribution in [2.24, 2.45) is 28.6 Å². The number of alkyl halides is 1. The number of carbonyl (C=O) groups excluding carboxylic acids is 2. The zero-order valence-corrected chi connectivity index (χ0v) is 16.6. The average Bonchev–Trinajstić information content (AvgIpc) is 2.84. The molecule has 2 amide bonds. The summed E-state index contributed by atoms with van der Waals surface area (Å²) in [5, 5.41) is 23.6. The molecule has 5 nitrogen and oxygen atoms in total. The minimum absolute atomic E-state index is 0.0194. The lowest BCUT2D eigenvalue weighted by atomic mass is 9.46. The minimum atomic E-state index is -0.940. The van der Waals surface area contributed by atoms with Crippen molar-refractivity contribution in [1.29, 1.82) is 0 Å². The second-order valence-electron chi connectivity index (χ2n) is 9.46. The summed E-state index contributed by atoms with van der Waals surface area (Å²) in [6.07, 6.45) is 1.12. The van der Waals surface area contributed by atoms with Crippen LogP contribution in [0.1, 0.15) is 52.9 Å². The molecule has 2 unspecified atom stereocenters. The van der Waals surface area contributed by atoms with Crippen LogP contribution in [-0.2, 0) is 9.59 Å². The van der Waals surface area contributed by atoms with Gasteiger partial charge in [-0.25, -0.2) is 0 Å². The van der Waals surface area contributed by atoms with E-state index < -0.39 is 24.0 Å². The van der Waals surface area contributed by atoms with Gasteiger partial charge in [0.05, 0.1) is 18.1 Å². The Labute approximate surface area is 160 Å². The number of hydrogen-bond acceptors (Lipinski definition) is 4. The molecule has 0 aromatic carbocycles. The fraction of sp³-hybridized carbons (Fsp3) is 0.800. The van der Waals surface area contributed by atoms with Gasteiger partial charge in [-0.15, -0.1) is 11.6 Å². The number of hydrogen-bond donors (Lipinski definition) is 3. The van der Waals surface area contributed by atoms with Gasteiger partial charge in [-0.05, 0) is 53.9 Å². The summed E-state index contributed by atoms with van der Waals surface area (Å²) in [6.45, 7) is 10.7. The highest BCUT2D eigenvalue weighted by Crippen LogP contribution is 2.62. The fourth-order valence-corrected chi connectivity index (χ4v) is 6.74. The number of aliphatic hydroxyl groups is 2. The topological polar surface area (TPSA) is 86.6 Å². The Morgan fingerprint density at radius 1 is 1.31 bits per heavy atom. The normalized spacial score (nSPS) is 43.8. The lowest BCUT2D eigenvalue weighted by Crippen LogP contribution is -2.55. The molecule has 0 aromatic heterocycles. The summed E-state index contributed by atoms with van der Waals surface area (Å²) >= 11 is 6.60. The molecule has 3 aliphatic rings. The van der Waals surface area contributed by atoms with E-state index >= 15 is 0 Å². The van der Waals surface area contributed by atoms with Gasteiger partial charge < -0.3 is 10.2 Å². The number of nitrogens with one attached hydrogen (secondary N) is 1. The number of amides is 2. The highest BCUT2D eigenvalue weighted by atomic mass is 35.5. The third kappa shape index (κ3) is 3.23. The maximum Gasteiger partial charge on any atom is 0.232 e. The Morgan fingerprint density at radius 3 is 2.54 bits per heavy atom. The molecule has 2 saturated carbocycles. The van der Waals surface area contributed by atoms with Gasteiger partial charge in [-0.1, -0.05) is 27.4 Å². The van der Waals surface area contributed by atoms with Gasteiger partial charge in [0.15, 0.2) is 0 Å². The predicted octanol–water partition coefficient (Wildman–Crippen LogP) is 2.39. The van der Waals surface area contributed by atoms with Gasteiger partial charge in [0.2, 0.25) is 11.8 Å². The third-order valence-electron chi connectivity index (χ3n) is 7.23. The number of rotatable bonds is 3. The second-order valence-corrected chi connectivity index (χ2v) is 10.1. The first-order chi connectivity index (χ1) is 12.0. The summed E-state index contributed by atoms with van der Waals surface area (Å²) in [5.41, 5.74) is 0.490. The van der Waals surface area contributed by atoms with Gasteiger partial charge in [-0.2, -0.15) is 0 Å². The molecule has 6 heteroatoms. The summed E-state index contributed by atoms with van der Waals surface area (Å²) < 4.78 is 0. The van der Waals surface area contributed by atoms with Crippen LogP contribution in [0.25, 0.3) is 0 Å². The Morgan fingerprint density at radius 2 is 1.96 bits per heavy atom. The molecule has 3 rings (SSSR count). The standard InChI is InChI=1S/C20H30ClNO4/c1-10-13(6-15(24)12-5-17(25)22-18(12)26)20(4)9-11(21)8-19(2,3)16(20)7-14(10)23/h11-16,23-24H,1,5-9H2,2-4H3,(H,22,25,26)/t11-,12?,13-,14+,15?,16-,20+/m0/s1. The fourth-order valence-electron chi connectivity index (χ4n) is 6.01. The van der Waals surface area contributed by atoms with Crippen LogP contribution in [-0.4, -0.2) is 39.6 Å². The van der Waals surface area contributed by atoms with E-state index in [9.17, 15) is 19.8 Å². The summed E-state index contributed by atoms with van der Waals surface area (Å²) in [7, 11) is 0. The van der Waals surface area contributed by atoms with Crippen LogP contribution in [0.15, 0.2) is 12.2 Å². The summed E-state index contributed by atoms with van der Waals surface area (Å²) in [6, 6.07) is 0. The molecular weight excluding hydrogens is 354 g/mol. The Kier molecular flexibility index (Phi) is 5.04. The van der Waals surface area contributed by atoms with Crippen molar-refractivity contribution in [3.63, 3.8) is 0 Å². The number of halogens is 1. The van der Waals surface area contributed by atoms with E-state index in [-0.39, 0.29) is 40.4 Å². The molecule has 0 bridgehead atoms.